The number of aromatic amines is 1. The Kier molecular flexibility index (Phi) is 5.58. The summed E-state index contributed by atoms with van der Waals surface area (Å²) >= 11 is 5.82. The fourth-order valence-electron chi connectivity index (χ4n) is 3.07. The summed E-state index contributed by atoms with van der Waals surface area (Å²) in [5.74, 6) is 0.140. The van der Waals surface area contributed by atoms with Crippen LogP contribution in [0.2, 0.25) is 5.02 Å². The number of benzene rings is 3. The Morgan fingerprint density at radius 1 is 1.10 bits per heavy atom. The fourth-order valence-corrected chi connectivity index (χ4v) is 4.06. The molecule has 1 heterocycles. The number of fused-ring (bicyclic) bond motifs is 1. The summed E-state index contributed by atoms with van der Waals surface area (Å²) in [6.45, 7) is 0. The third-order valence-corrected chi connectivity index (χ3v) is 5.90. The maximum absolute atomic E-state index is 14.0. The summed E-state index contributed by atoms with van der Waals surface area (Å²) in [5, 5.41) is 0.0824. The number of halogens is 2. The third kappa shape index (κ3) is 4.00. The number of rotatable bonds is 5. The summed E-state index contributed by atoms with van der Waals surface area (Å²) in [7, 11) is 0.366. The van der Waals surface area contributed by atoms with E-state index in [0.29, 0.717) is 16.3 Å². The number of imidazole rings is 1. The number of nitrogens with one attached hydrogen (secondary N) is 2. The largest absolute Gasteiger partial charge is 0.338 e. The van der Waals surface area contributed by atoms with Crippen LogP contribution in [0, 0.1) is 5.82 Å². The molecular weight excluding hydrogens is 409 g/mol. The van der Waals surface area contributed by atoms with E-state index in [1.54, 1.807) is 31.3 Å². The molecule has 0 radical (unpaired) electrons. The van der Waals surface area contributed by atoms with Crippen molar-refractivity contribution >= 4 is 45.8 Å². The molecule has 0 aliphatic heterocycles. The van der Waals surface area contributed by atoms with Crippen molar-refractivity contribution in [3.05, 3.63) is 82.9 Å². The molecule has 0 aliphatic carbocycles. The highest BCUT2D eigenvalue weighted by atomic mass is 35.5. The summed E-state index contributed by atoms with van der Waals surface area (Å²) < 4.78 is 29.1. The Morgan fingerprint density at radius 3 is 2.76 bits per heavy atom. The third-order valence-electron chi connectivity index (χ3n) is 4.49. The average molecular weight is 426 g/mol. The first kappa shape index (κ1) is 19.5. The molecule has 1 aromatic heterocycles. The van der Waals surface area contributed by atoms with Gasteiger partial charge in [0.05, 0.1) is 21.0 Å². The zero-order valence-electron chi connectivity index (χ0n) is 15.4. The quantitative estimate of drug-likeness (QED) is 0.447. The SMILES string of the molecule is CNS(=O)c1ccccc1-c1ccc2nc(/C=C/c3cccc(Cl)c3F)[nH]c2c1. The first-order chi connectivity index (χ1) is 14.1. The molecule has 1 atom stereocenters. The molecule has 4 rings (SSSR count). The molecule has 0 fully saturated rings. The van der Waals surface area contributed by atoms with Crippen LogP contribution in [0.15, 0.2) is 65.6 Å². The number of aromatic nitrogens is 2. The van der Waals surface area contributed by atoms with Gasteiger partial charge in [0.15, 0.2) is 0 Å². The second kappa shape index (κ2) is 8.29. The fraction of sp³-hybridized carbons (Fsp3) is 0.0455. The molecule has 0 spiro atoms. The van der Waals surface area contributed by atoms with Gasteiger partial charge in [-0.2, -0.15) is 0 Å². The molecule has 29 heavy (non-hydrogen) atoms. The predicted octanol–water partition coefficient (Wildman–Crippen LogP) is 5.43. The molecule has 146 valence electrons. The Balaban J connectivity index is 1.70. The van der Waals surface area contributed by atoms with Crippen LogP contribution in [-0.4, -0.2) is 21.2 Å². The van der Waals surface area contributed by atoms with Crippen molar-refractivity contribution in [2.24, 2.45) is 0 Å². The number of nitrogens with zero attached hydrogens (tertiary/aromatic N) is 1. The molecule has 4 aromatic rings. The highest BCUT2D eigenvalue weighted by Crippen LogP contribution is 2.28. The van der Waals surface area contributed by atoms with Crippen LogP contribution in [0.3, 0.4) is 0 Å². The van der Waals surface area contributed by atoms with Crippen molar-refractivity contribution in [1.29, 1.82) is 0 Å². The van der Waals surface area contributed by atoms with Crippen molar-refractivity contribution in [3.63, 3.8) is 0 Å². The first-order valence-electron chi connectivity index (χ1n) is 8.87. The maximum atomic E-state index is 14.0. The van der Waals surface area contributed by atoms with Crippen LogP contribution in [0.1, 0.15) is 11.4 Å². The summed E-state index contributed by atoms with van der Waals surface area (Å²) in [4.78, 5) is 8.46. The van der Waals surface area contributed by atoms with Crippen LogP contribution >= 0.6 is 11.6 Å². The molecule has 0 amide bonds. The molecule has 7 heteroatoms. The number of H-pyrrole nitrogens is 1. The minimum Gasteiger partial charge on any atom is -0.338 e. The van der Waals surface area contributed by atoms with Crippen LogP contribution in [-0.2, 0) is 11.0 Å². The van der Waals surface area contributed by atoms with E-state index < -0.39 is 16.8 Å². The topological polar surface area (TPSA) is 57.8 Å². The minimum absolute atomic E-state index is 0.0824. The molecule has 0 saturated heterocycles. The van der Waals surface area contributed by atoms with E-state index in [4.69, 9.17) is 11.6 Å². The second-order valence-corrected chi connectivity index (χ2v) is 8.09. The zero-order valence-corrected chi connectivity index (χ0v) is 17.0. The zero-order chi connectivity index (χ0) is 20.4. The standard InChI is InChI=1S/C22H17ClFN3OS/c1-25-29(28)20-8-3-2-6-16(20)15-9-11-18-19(13-15)27-21(26-18)12-10-14-5-4-7-17(23)22(14)24/h2-13,25H,1H3,(H,26,27)/b12-10+. The lowest BCUT2D eigenvalue weighted by Crippen LogP contribution is -2.11. The lowest BCUT2D eigenvalue weighted by Gasteiger charge is -2.08. The molecule has 1 unspecified atom stereocenters. The molecule has 0 aliphatic rings. The van der Waals surface area contributed by atoms with Gasteiger partial charge in [0.1, 0.15) is 22.6 Å². The van der Waals surface area contributed by atoms with Crippen LogP contribution in [0.5, 0.6) is 0 Å². The molecule has 0 saturated carbocycles. The van der Waals surface area contributed by atoms with E-state index >= 15 is 0 Å². The van der Waals surface area contributed by atoms with Crippen LogP contribution in [0.4, 0.5) is 4.39 Å². The summed E-state index contributed by atoms with van der Waals surface area (Å²) in [6, 6.07) is 18.2. The molecular formula is C22H17ClFN3OS. The van der Waals surface area contributed by atoms with E-state index in [0.717, 1.165) is 22.2 Å². The van der Waals surface area contributed by atoms with E-state index in [2.05, 4.69) is 14.7 Å². The van der Waals surface area contributed by atoms with Gasteiger partial charge >= 0.3 is 0 Å². The lowest BCUT2D eigenvalue weighted by atomic mass is 10.1. The van der Waals surface area contributed by atoms with Gasteiger partial charge in [0.25, 0.3) is 0 Å². The summed E-state index contributed by atoms with van der Waals surface area (Å²) in [5.41, 5.74) is 3.82. The predicted molar refractivity (Wildman–Crippen MR) is 117 cm³/mol. The van der Waals surface area contributed by atoms with E-state index in [1.807, 2.05) is 42.5 Å². The maximum Gasteiger partial charge on any atom is 0.148 e. The summed E-state index contributed by atoms with van der Waals surface area (Å²) in [6.07, 6.45) is 3.34. The van der Waals surface area contributed by atoms with E-state index in [9.17, 15) is 8.60 Å². The second-order valence-electron chi connectivity index (χ2n) is 6.30. The molecule has 3 aromatic carbocycles. The van der Waals surface area contributed by atoms with E-state index in [-0.39, 0.29) is 5.02 Å². The monoisotopic (exact) mass is 425 g/mol. The normalized spacial score (nSPS) is 12.7. The minimum atomic E-state index is -1.29. The highest BCUT2D eigenvalue weighted by Gasteiger charge is 2.11. The van der Waals surface area contributed by atoms with Crippen molar-refractivity contribution in [2.45, 2.75) is 4.90 Å². The number of hydrogen-bond donors (Lipinski definition) is 2. The Bertz CT molecular complexity index is 1250. The number of hydrogen-bond acceptors (Lipinski definition) is 2. The van der Waals surface area contributed by atoms with Crippen molar-refractivity contribution < 1.29 is 8.60 Å². The van der Waals surface area contributed by atoms with Crippen molar-refractivity contribution in [3.8, 4) is 11.1 Å². The highest BCUT2D eigenvalue weighted by molar-refractivity contribution is 7.83. The van der Waals surface area contributed by atoms with Gasteiger partial charge in [-0.05, 0) is 54.6 Å². The van der Waals surface area contributed by atoms with Crippen LogP contribution in [0.25, 0.3) is 34.3 Å². The van der Waals surface area contributed by atoms with Crippen molar-refractivity contribution in [1.82, 2.24) is 14.7 Å². The average Bonchev–Trinajstić information content (AvgIpc) is 3.16. The molecule has 0 bridgehead atoms. The van der Waals surface area contributed by atoms with Gasteiger partial charge in [-0.25, -0.2) is 18.3 Å². The van der Waals surface area contributed by atoms with Gasteiger partial charge in [-0.3, -0.25) is 0 Å². The van der Waals surface area contributed by atoms with Gasteiger partial charge in [0, 0.05) is 5.56 Å². The Morgan fingerprint density at radius 2 is 1.93 bits per heavy atom. The first-order valence-corrected chi connectivity index (χ1v) is 10.4. The van der Waals surface area contributed by atoms with Gasteiger partial charge in [0.2, 0.25) is 0 Å². The Hall–Kier alpha value is -2.80. The van der Waals surface area contributed by atoms with Crippen molar-refractivity contribution in [2.75, 3.05) is 7.05 Å². The Labute approximate surface area is 175 Å². The molecule has 2 N–H and O–H groups in total. The van der Waals surface area contributed by atoms with Gasteiger partial charge in [-0.15, -0.1) is 0 Å². The van der Waals surface area contributed by atoms with Gasteiger partial charge < -0.3 is 4.98 Å². The van der Waals surface area contributed by atoms with Gasteiger partial charge in [-0.1, -0.05) is 48.0 Å². The smallest absolute Gasteiger partial charge is 0.148 e. The van der Waals surface area contributed by atoms with E-state index in [1.165, 1.54) is 6.07 Å². The van der Waals surface area contributed by atoms with Crippen LogP contribution < -0.4 is 4.72 Å². The molecule has 4 nitrogen and oxygen atoms in total. The lowest BCUT2D eigenvalue weighted by molar-refractivity contribution is 0.625.